The van der Waals surface area contributed by atoms with Crippen molar-refractivity contribution in [1.29, 1.82) is 0 Å². The molecule has 0 atom stereocenters. The van der Waals surface area contributed by atoms with Gasteiger partial charge in [-0.25, -0.2) is 4.79 Å². The van der Waals surface area contributed by atoms with E-state index < -0.39 is 0 Å². The van der Waals surface area contributed by atoms with Gasteiger partial charge in [-0.1, -0.05) is 121 Å². The molecule has 0 bridgehead atoms. The summed E-state index contributed by atoms with van der Waals surface area (Å²) < 4.78 is 3.60. The quantitative estimate of drug-likeness (QED) is 0.188. The largest absolute Gasteiger partial charge is 0.338 e. The van der Waals surface area contributed by atoms with E-state index in [4.69, 9.17) is 0 Å². The molecule has 1 aromatic heterocycles. The Morgan fingerprint density at radius 1 is 0.326 bits per heavy atom. The number of rotatable bonds is 4. The Labute approximate surface area is 265 Å². The zero-order valence-electron chi connectivity index (χ0n) is 25.0. The van der Waals surface area contributed by atoms with Gasteiger partial charge < -0.3 is 0 Å². The Bertz CT molecular complexity index is 2630. The second-order valence-corrected chi connectivity index (χ2v) is 11.7. The fourth-order valence-electron chi connectivity index (χ4n) is 7.06. The third-order valence-electron chi connectivity index (χ3n) is 9.16. The summed E-state index contributed by atoms with van der Waals surface area (Å²) in [5.74, 6) is 0. The molecule has 0 fully saturated rings. The summed E-state index contributed by atoms with van der Waals surface area (Å²) in [6, 6.07) is 59.0. The summed E-state index contributed by atoms with van der Waals surface area (Å²) >= 11 is 0. The molecule has 216 valence electrons. The molecule has 0 radical (unpaired) electrons. The Balaban J connectivity index is 1.25. The van der Waals surface area contributed by atoms with E-state index in [0.29, 0.717) is 0 Å². The average Bonchev–Trinajstić information content (AvgIpc) is 3.43. The highest BCUT2D eigenvalue weighted by atomic mass is 16.1. The number of para-hydroxylation sites is 3. The molecule has 0 aliphatic rings. The highest BCUT2D eigenvalue weighted by molar-refractivity contribution is 6.23. The molecule has 3 nitrogen and oxygen atoms in total. The van der Waals surface area contributed by atoms with Gasteiger partial charge >= 0.3 is 5.69 Å². The normalized spacial score (nSPS) is 11.6. The van der Waals surface area contributed by atoms with Crippen molar-refractivity contribution in [1.82, 2.24) is 9.13 Å². The highest BCUT2D eigenvalue weighted by Gasteiger charge is 2.17. The Hall–Kier alpha value is -6.19. The smallest absolute Gasteiger partial charge is 0.260 e. The molecule has 0 saturated carbocycles. The third-order valence-corrected chi connectivity index (χ3v) is 9.16. The second-order valence-electron chi connectivity index (χ2n) is 11.7. The van der Waals surface area contributed by atoms with Crippen molar-refractivity contribution in [3.63, 3.8) is 0 Å². The van der Waals surface area contributed by atoms with E-state index in [1.165, 1.54) is 49.0 Å². The molecule has 0 aliphatic heterocycles. The van der Waals surface area contributed by atoms with Gasteiger partial charge in [0, 0.05) is 0 Å². The minimum Gasteiger partial charge on any atom is -0.260 e. The summed E-state index contributed by atoms with van der Waals surface area (Å²) in [4.78, 5) is 13.9. The Morgan fingerprint density at radius 3 is 1.24 bits per heavy atom. The van der Waals surface area contributed by atoms with E-state index in [0.717, 1.165) is 28.0 Å². The molecule has 9 rings (SSSR count). The SMILES string of the molecule is O=c1n(-c2ccccc2)c2ccccc2n1-c1ccc(-c2cc3c4ccccc4c(-c4ccccc4)cc3c3ccccc23)cc1. The van der Waals surface area contributed by atoms with Crippen LogP contribution < -0.4 is 5.69 Å². The van der Waals surface area contributed by atoms with Crippen LogP contribution in [0.2, 0.25) is 0 Å². The summed E-state index contributed by atoms with van der Waals surface area (Å²) in [5, 5.41) is 7.39. The predicted octanol–water partition coefficient (Wildman–Crippen LogP) is 10.6. The molecule has 0 amide bonds. The van der Waals surface area contributed by atoms with E-state index in [-0.39, 0.29) is 5.69 Å². The summed E-state index contributed by atoms with van der Waals surface area (Å²) in [5.41, 5.74) is 8.10. The van der Waals surface area contributed by atoms with Gasteiger partial charge in [-0.15, -0.1) is 0 Å². The monoisotopic (exact) mass is 588 g/mol. The van der Waals surface area contributed by atoms with Gasteiger partial charge in [-0.3, -0.25) is 9.13 Å². The van der Waals surface area contributed by atoms with Crippen LogP contribution in [-0.2, 0) is 0 Å². The minimum atomic E-state index is -0.0861. The van der Waals surface area contributed by atoms with E-state index in [1.807, 2.05) is 59.2 Å². The number of hydrogen-bond acceptors (Lipinski definition) is 1. The molecule has 0 aliphatic carbocycles. The topological polar surface area (TPSA) is 26.9 Å². The molecule has 1 heterocycles. The number of nitrogens with zero attached hydrogens (tertiary/aromatic N) is 2. The fraction of sp³-hybridized carbons (Fsp3) is 0. The molecule has 0 N–H and O–H groups in total. The highest BCUT2D eigenvalue weighted by Crippen LogP contribution is 2.41. The van der Waals surface area contributed by atoms with Crippen molar-refractivity contribution in [3.8, 4) is 33.6 Å². The standard InChI is InChI=1S/C43H28N2O/c46-43-44(31-15-5-2-6-16-31)41-21-11-12-22-42(41)45(43)32-25-23-30(24-26-32)38-28-40-35-19-9-7-17-33(35)37(29-13-3-1-4-14-29)27-39(40)36-20-10-8-18-34(36)38/h1-28H. The van der Waals surface area contributed by atoms with Crippen LogP contribution in [-0.4, -0.2) is 9.13 Å². The van der Waals surface area contributed by atoms with Crippen molar-refractivity contribution in [2.24, 2.45) is 0 Å². The number of aromatic nitrogens is 2. The first kappa shape index (κ1) is 26.2. The van der Waals surface area contributed by atoms with Crippen molar-refractivity contribution >= 4 is 43.4 Å². The second kappa shape index (κ2) is 10.5. The van der Waals surface area contributed by atoms with Gasteiger partial charge in [-0.05, 0) is 103 Å². The number of benzene rings is 8. The Kier molecular flexibility index (Phi) is 5.97. The van der Waals surface area contributed by atoms with Crippen LogP contribution in [0.3, 0.4) is 0 Å². The maximum Gasteiger partial charge on any atom is 0.338 e. The zero-order valence-corrected chi connectivity index (χ0v) is 25.0. The molecular formula is C43H28N2O. The maximum absolute atomic E-state index is 13.9. The fourth-order valence-corrected chi connectivity index (χ4v) is 7.06. The van der Waals surface area contributed by atoms with E-state index in [1.54, 1.807) is 4.57 Å². The molecule has 3 heteroatoms. The lowest BCUT2D eigenvalue weighted by molar-refractivity contribution is 0.931. The molecule has 0 spiro atoms. The maximum atomic E-state index is 13.9. The van der Waals surface area contributed by atoms with Crippen molar-refractivity contribution in [2.45, 2.75) is 0 Å². The Morgan fingerprint density at radius 2 is 0.717 bits per heavy atom. The number of imidazole rings is 1. The summed E-state index contributed by atoms with van der Waals surface area (Å²) in [6.45, 7) is 0. The lowest BCUT2D eigenvalue weighted by Gasteiger charge is -2.16. The molecule has 46 heavy (non-hydrogen) atoms. The molecule has 0 unspecified atom stereocenters. The first-order valence-electron chi connectivity index (χ1n) is 15.6. The molecular weight excluding hydrogens is 560 g/mol. The first-order chi connectivity index (χ1) is 22.8. The lowest BCUT2D eigenvalue weighted by Crippen LogP contribution is -2.22. The van der Waals surface area contributed by atoms with Crippen LogP contribution in [0.15, 0.2) is 175 Å². The van der Waals surface area contributed by atoms with Gasteiger partial charge in [0.15, 0.2) is 0 Å². The number of hydrogen-bond donors (Lipinski definition) is 0. The van der Waals surface area contributed by atoms with Crippen molar-refractivity contribution < 1.29 is 0 Å². The molecule has 9 aromatic rings. The van der Waals surface area contributed by atoms with Gasteiger partial charge in [0.1, 0.15) is 0 Å². The minimum absolute atomic E-state index is 0.0861. The summed E-state index contributed by atoms with van der Waals surface area (Å²) in [6.07, 6.45) is 0. The summed E-state index contributed by atoms with van der Waals surface area (Å²) in [7, 11) is 0. The van der Waals surface area contributed by atoms with Crippen LogP contribution in [0.4, 0.5) is 0 Å². The van der Waals surface area contributed by atoms with Gasteiger partial charge in [0.05, 0.1) is 22.4 Å². The average molecular weight is 589 g/mol. The van der Waals surface area contributed by atoms with Crippen LogP contribution >= 0.6 is 0 Å². The predicted molar refractivity (Wildman–Crippen MR) is 192 cm³/mol. The number of fused-ring (bicyclic) bond motifs is 6. The molecule has 8 aromatic carbocycles. The molecule has 0 saturated heterocycles. The third kappa shape index (κ3) is 4.03. The van der Waals surface area contributed by atoms with Crippen LogP contribution in [0.25, 0.3) is 77.0 Å². The zero-order chi connectivity index (χ0) is 30.6. The van der Waals surface area contributed by atoms with E-state index >= 15 is 0 Å². The van der Waals surface area contributed by atoms with Crippen LogP contribution in [0.5, 0.6) is 0 Å². The van der Waals surface area contributed by atoms with Gasteiger partial charge in [-0.2, -0.15) is 0 Å². The lowest BCUT2D eigenvalue weighted by atomic mass is 9.88. The first-order valence-corrected chi connectivity index (χ1v) is 15.6. The van der Waals surface area contributed by atoms with Crippen LogP contribution in [0, 0.1) is 0 Å². The van der Waals surface area contributed by atoms with E-state index in [9.17, 15) is 4.79 Å². The van der Waals surface area contributed by atoms with Gasteiger partial charge in [0.2, 0.25) is 0 Å². The van der Waals surface area contributed by atoms with Gasteiger partial charge in [0.25, 0.3) is 0 Å². The van der Waals surface area contributed by atoms with E-state index in [2.05, 4.69) is 115 Å². The van der Waals surface area contributed by atoms with Crippen molar-refractivity contribution in [2.75, 3.05) is 0 Å². The van der Waals surface area contributed by atoms with Crippen molar-refractivity contribution in [3.05, 3.63) is 180 Å². The van der Waals surface area contributed by atoms with Crippen LogP contribution in [0.1, 0.15) is 0 Å².